The summed E-state index contributed by atoms with van der Waals surface area (Å²) >= 11 is 7.67. The van der Waals surface area contributed by atoms with Crippen molar-refractivity contribution in [3.63, 3.8) is 0 Å². The van der Waals surface area contributed by atoms with Crippen LogP contribution in [0.5, 0.6) is 0 Å². The third-order valence-corrected chi connectivity index (χ3v) is 3.82. The van der Waals surface area contributed by atoms with Gasteiger partial charge in [-0.3, -0.25) is 0 Å². The highest BCUT2D eigenvalue weighted by Crippen LogP contribution is 2.32. The van der Waals surface area contributed by atoms with Crippen molar-refractivity contribution in [2.24, 2.45) is 5.73 Å². The summed E-state index contributed by atoms with van der Waals surface area (Å²) < 4.78 is 0. The predicted octanol–water partition coefficient (Wildman–Crippen LogP) is 4.40. The highest BCUT2D eigenvalue weighted by Gasteiger charge is 2.07. The van der Waals surface area contributed by atoms with E-state index in [9.17, 15) is 0 Å². The predicted molar refractivity (Wildman–Crippen MR) is 72.1 cm³/mol. The van der Waals surface area contributed by atoms with E-state index in [1.165, 1.54) is 21.6 Å². The molecular formula is C13H14ClNS. The van der Waals surface area contributed by atoms with Gasteiger partial charge in [-0.2, -0.15) is 0 Å². The fraction of sp³-hybridized carbons (Fsp3) is 0.231. The van der Waals surface area contributed by atoms with Crippen LogP contribution in [0.3, 0.4) is 0 Å². The second-order valence-corrected chi connectivity index (χ2v) is 5.34. The molecule has 1 unspecified atom stereocenters. The van der Waals surface area contributed by atoms with Gasteiger partial charge < -0.3 is 5.73 Å². The highest BCUT2D eigenvalue weighted by molar-refractivity contribution is 7.13. The first kappa shape index (κ1) is 11.6. The number of hydrogen-bond acceptors (Lipinski definition) is 2. The van der Waals surface area contributed by atoms with Gasteiger partial charge in [0.15, 0.2) is 0 Å². The van der Waals surface area contributed by atoms with Gasteiger partial charge in [-0.1, -0.05) is 17.7 Å². The Kier molecular flexibility index (Phi) is 3.33. The van der Waals surface area contributed by atoms with Crippen LogP contribution in [-0.2, 0) is 0 Å². The Hall–Kier alpha value is -0.830. The van der Waals surface area contributed by atoms with Gasteiger partial charge >= 0.3 is 0 Å². The van der Waals surface area contributed by atoms with E-state index < -0.39 is 0 Å². The minimum absolute atomic E-state index is 0.0950. The maximum absolute atomic E-state index is 5.94. The van der Waals surface area contributed by atoms with Crippen molar-refractivity contribution in [1.29, 1.82) is 0 Å². The zero-order valence-electron chi connectivity index (χ0n) is 9.33. The summed E-state index contributed by atoms with van der Waals surface area (Å²) in [5, 5.41) is 2.90. The number of nitrogens with two attached hydrogens (primary N) is 1. The molecule has 0 radical (unpaired) electrons. The summed E-state index contributed by atoms with van der Waals surface area (Å²) in [5.74, 6) is 0. The number of aryl methyl sites for hydroxylation is 1. The zero-order chi connectivity index (χ0) is 11.7. The van der Waals surface area contributed by atoms with Crippen LogP contribution in [0.25, 0.3) is 10.4 Å². The van der Waals surface area contributed by atoms with Gasteiger partial charge in [0.2, 0.25) is 0 Å². The Morgan fingerprint density at radius 2 is 2.06 bits per heavy atom. The minimum atomic E-state index is 0.0950. The van der Waals surface area contributed by atoms with E-state index in [0.29, 0.717) is 0 Å². The number of benzene rings is 1. The summed E-state index contributed by atoms with van der Waals surface area (Å²) in [5.41, 5.74) is 9.48. The third kappa shape index (κ3) is 2.29. The second-order valence-electron chi connectivity index (χ2n) is 3.99. The monoisotopic (exact) mass is 251 g/mol. The molecule has 0 spiro atoms. The van der Waals surface area contributed by atoms with Crippen LogP contribution in [0.1, 0.15) is 24.1 Å². The Morgan fingerprint density at radius 1 is 1.31 bits per heavy atom. The summed E-state index contributed by atoms with van der Waals surface area (Å²) in [6.07, 6.45) is 0. The van der Waals surface area contributed by atoms with E-state index in [2.05, 4.69) is 24.4 Å². The van der Waals surface area contributed by atoms with Gasteiger partial charge in [-0.25, -0.2) is 0 Å². The molecule has 2 rings (SSSR count). The lowest BCUT2D eigenvalue weighted by atomic mass is 10.1. The lowest BCUT2D eigenvalue weighted by Crippen LogP contribution is -2.02. The molecular weight excluding hydrogens is 238 g/mol. The molecule has 1 aromatic heterocycles. The SMILES string of the molecule is Cc1cc(Cl)ccc1-c1cc(C(C)N)cs1. The molecule has 0 saturated heterocycles. The van der Waals surface area contributed by atoms with Crippen LogP contribution < -0.4 is 5.73 Å². The van der Waals surface area contributed by atoms with E-state index in [0.717, 1.165) is 5.02 Å². The molecule has 1 nitrogen and oxygen atoms in total. The standard InChI is InChI=1S/C13H14ClNS/c1-8-5-11(14)3-4-12(8)13-6-10(7-16-13)9(2)15/h3-7,9H,15H2,1-2H3. The lowest BCUT2D eigenvalue weighted by Gasteiger charge is -2.03. The summed E-state index contributed by atoms with van der Waals surface area (Å²) in [6.45, 7) is 4.08. The quantitative estimate of drug-likeness (QED) is 0.841. The number of hydrogen-bond donors (Lipinski definition) is 1. The first-order valence-corrected chi connectivity index (χ1v) is 6.44. The largest absolute Gasteiger partial charge is 0.324 e. The molecule has 2 N–H and O–H groups in total. The molecule has 2 aromatic rings. The van der Waals surface area contributed by atoms with Crippen molar-refractivity contribution in [3.05, 3.63) is 45.8 Å². The van der Waals surface area contributed by atoms with Gasteiger partial charge in [-0.05, 0) is 54.1 Å². The zero-order valence-corrected chi connectivity index (χ0v) is 10.9. The molecule has 1 atom stereocenters. The maximum atomic E-state index is 5.94. The van der Waals surface area contributed by atoms with Crippen molar-refractivity contribution >= 4 is 22.9 Å². The average Bonchev–Trinajstić information content (AvgIpc) is 2.66. The van der Waals surface area contributed by atoms with E-state index in [1.54, 1.807) is 11.3 Å². The fourth-order valence-electron chi connectivity index (χ4n) is 1.63. The van der Waals surface area contributed by atoms with E-state index >= 15 is 0 Å². The van der Waals surface area contributed by atoms with Crippen LogP contribution >= 0.6 is 22.9 Å². The smallest absolute Gasteiger partial charge is 0.0409 e. The molecule has 0 saturated carbocycles. The summed E-state index contributed by atoms with van der Waals surface area (Å²) in [7, 11) is 0. The van der Waals surface area contributed by atoms with E-state index in [4.69, 9.17) is 17.3 Å². The fourth-order valence-corrected chi connectivity index (χ4v) is 2.97. The Morgan fingerprint density at radius 3 is 2.62 bits per heavy atom. The Labute approximate surface area is 105 Å². The molecule has 0 fully saturated rings. The average molecular weight is 252 g/mol. The molecule has 16 heavy (non-hydrogen) atoms. The first-order chi connectivity index (χ1) is 7.58. The molecule has 1 aromatic carbocycles. The normalized spacial score (nSPS) is 12.8. The molecule has 3 heteroatoms. The van der Waals surface area contributed by atoms with Crippen molar-refractivity contribution in [1.82, 2.24) is 0 Å². The minimum Gasteiger partial charge on any atom is -0.324 e. The Balaban J connectivity index is 2.42. The number of thiophene rings is 1. The molecule has 1 heterocycles. The highest BCUT2D eigenvalue weighted by atomic mass is 35.5. The van der Waals surface area contributed by atoms with Gasteiger partial charge in [0.1, 0.15) is 0 Å². The first-order valence-electron chi connectivity index (χ1n) is 5.18. The molecule has 0 aliphatic carbocycles. The Bertz CT molecular complexity index is 502. The second kappa shape index (κ2) is 4.58. The maximum Gasteiger partial charge on any atom is 0.0409 e. The van der Waals surface area contributed by atoms with Gasteiger partial charge in [0.25, 0.3) is 0 Å². The van der Waals surface area contributed by atoms with Gasteiger partial charge in [0.05, 0.1) is 0 Å². The van der Waals surface area contributed by atoms with E-state index in [1.807, 2.05) is 19.1 Å². The number of rotatable bonds is 2. The summed E-state index contributed by atoms with van der Waals surface area (Å²) in [4.78, 5) is 1.25. The lowest BCUT2D eigenvalue weighted by molar-refractivity contribution is 0.823. The number of halogens is 1. The van der Waals surface area contributed by atoms with Crippen LogP contribution in [-0.4, -0.2) is 0 Å². The van der Waals surface area contributed by atoms with Gasteiger partial charge in [0, 0.05) is 15.9 Å². The van der Waals surface area contributed by atoms with Crippen molar-refractivity contribution < 1.29 is 0 Å². The molecule has 0 amide bonds. The molecule has 0 bridgehead atoms. The molecule has 0 aliphatic heterocycles. The molecule has 0 aliphatic rings. The van der Waals surface area contributed by atoms with Crippen LogP contribution in [0.2, 0.25) is 5.02 Å². The topological polar surface area (TPSA) is 26.0 Å². The third-order valence-electron chi connectivity index (χ3n) is 2.60. The molecule has 84 valence electrons. The summed E-state index contributed by atoms with van der Waals surface area (Å²) in [6, 6.07) is 8.23. The van der Waals surface area contributed by atoms with E-state index in [-0.39, 0.29) is 6.04 Å². The van der Waals surface area contributed by atoms with Crippen molar-refractivity contribution in [3.8, 4) is 10.4 Å². The van der Waals surface area contributed by atoms with Crippen LogP contribution in [0, 0.1) is 6.92 Å². The van der Waals surface area contributed by atoms with Crippen LogP contribution in [0.15, 0.2) is 29.6 Å². The van der Waals surface area contributed by atoms with Gasteiger partial charge in [-0.15, -0.1) is 11.3 Å². The van der Waals surface area contributed by atoms with Crippen molar-refractivity contribution in [2.45, 2.75) is 19.9 Å². The van der Waals surface area contributed by atoms with Crippen molar-refractivity contribution in [2.75, 3.05) is 0 Å². The van der Waals surface area contributed by atoms with Crippen LogP contribution in [0.4, 0.5) is 0 Å².